The summed E-state index contributed by atoms with van der Waals surface area (Å²) in [6.45, 7) is 0. The molecule has 1 heterocycles. The third-order valence-corrected chi connectivity index (χ3v) is 4.39. The van der Waals surface area contributed by atoms with Gasteiger partial charge in [0, 0.05) is 28.8 Å². The Morgan fingerprint density at radius 1 is 1.04 bits per heavy atom. The SMILES string of the molecule is O=[N+]([O-])c1ccc(Nc2n[nH]c3cc(Cl)c(-c4ccccc4)cc23)cc1. The first kappa shape index (κ1) is 16.1. The summed E-state index contributed by atoms with van der Waals surface area (Å²) in [6, 6.07) is 19.9. The first-order valence-corrected chi connectivity index (χ1v) is 8.24. The van der Waals surface area contributed by atoms with Crippen LogP contribution in [0.5, 0.6) is 0 Å². The maximum atomic E-state index is 10.8. The molecular formula is C19H13ClN4O2. The predicted octanol–water partition coefficient (Wildman–Crippen LogP) is 5.54. The highest BCUT2D eigenvalue weighted by molar-refractivity contribution is 6.34. The lowest BCUT2D eigenvalue weighted by molar-refractivity contribution is -0.384. The molecule has 4 aromatic rings. The van der Waals surface area contributed by atoms with Crippen LogP contribution in [0, 0.1) is 10.1 Å². The fourth-order valence-corrected chi connectivity index (χ4v) is 3.05. The van der Waals surface area contributed by atoms with E-state index in [0.29, 0.717) is 16.5 Å². The third kappa shape index (κ3) is 2.98. The maximum Gasteiger partial charge on any atom is 0.269 e. The number of non-ortho nitro benzene ring substituents is 1. The van der Waals surface area contributed by atoms with Crippen LogP contribution < -0.4 is 5.32 Å². The summed E-state index contributed by atoms with van der Waals surface area (Å²) in [7, 11) is 0. The average Bonchev–Trinajstić information content (AvgIpc) is 3.03. The molecule has 26 heavy (non-hydrogen) atoms. The van der Waals surface area contributed by atoms with Gasteiger partial charge in [-0.3, -0.25) is 15.2 Å². The van der Waals surface area contributed by atoms with E-state index in [9.17, 15) is 10.1 Å². The van der Waals surface area contributed by atoms with Crippen molar-refractivity contribution in [1.82, 2.24) is 10.2 Å². The van der Waals surface area contributed by atoms with Crippen molar-refractivity contribution in [2.75, 3.05) is 5.32 Å². The summed E-state index contributed by atoms with van der Waals surface area (Å²) < 4.78 is 0. The number of nitro groups is 1. The Labute approximate surface area is 153 Å². The number of hydrogen-bond donors (Lipinski definition) is 2. The second-order valence-corrected chi connectivity index (χ2v) is 6.15. The molecule has 0 amide bonds. The number of aromatic amines is 1. The van der Waals surface area contributed by atoms with Crippen molar-refractivity contribution in [2.24, 2.45) is 0 Å². The van der Waals surface area contributed by atoms with Crippen LogP contribution in [-0.2, 0) is 0 Å². The van der Waals surface area contributed by atoms with E-state index in [1.54, 1.807) is 12.1 Å². The number of nitro benzene ring substituents is 1. The van der Waals surface area contributed by atoms with E-state index in [4.69, 9.17) is 11.6 Å². The van der Waals surface area contributed by atoms with Crippen LogP contribution in [0.2, 0.25) is 5.02 Å². The Balaban J connectivity index is 1.73. The van der Waals surface area contributed by atoms with E-state index in [-0.39, 0.29) is 5.69 Å². The Bertz CT molecular complexity index is 1090. The van der Waals surface area contributed by atoms with Crippen molar-refractivity contribution in [2.45, 2.75) is 0 Å². The van der Waals surface area contributed by atoms with Gasteiger partial charge in [0.2, 0.25) is 0 Å². The molecule has 0 atom stereocenters. The van der Waals surface area contributed by atoms with Crippen LogP contribution in [-0.4, -0.2) is 15.1 Å². The summed E-state index contributed by atoms with van der Waals surface area (Å²) in [5, 5.41) is 22.7. The Morgan fingerprint density at radius 2 is 1.77 bits per heavy atom. The zero-order valence-electron chi connectivity index (χ0n) is 13.4. The second kappa shape index (κ2) is 6.50. The normalized spacial score (nSPS) is 10.8. The van der Waals surface area contributed by atoms with Gasteiger partial charge < -0.3 is 5.32 Å². The van der Waals surface area contributed by atoms with E-state index in [2.05, 4.69) is 15.5 Å². The molecule has 6 nitrogen and oxygen atoms in total. The molecule has 128 valence electrons. The monoisotopic (exact) mass is 364 g/mol. The Morgan fingerprint density at radius 3 is 2.46 bits per heavy atom. The number of aromatic nitrogens is 2. The van der Waals surface area contributed by atoms with Crippen LogP contribution in [0.4, 0.5) is 17.2 Å². The third-order valence-electron chi connectivity index (χ3n) is 4.08. The fourth-order valence-electron chi connectivity index (χ4n) is 2.78. The molecule has 0 radical (unpaired) electrons. The Hall–Kier alpha value is -3.38. The van der Waals surface area contributed by atoms with E-state index < -0.39 is 4.92 Å². The summed E-state index contributed by atoms with van der Waals surface area (Å²) in [5.41, 5.74) is 3.48. The van der Waals surface area contributed by atoms with Gasteiger partial charge >= 0.3 is 0 Å². The summed E-state index contributed by atoms with van der Waals surface area (Å²) in [6.07, 6.45) is 0. The minimum Gasteiger partial charge on any atom is -0.338 e. The number of anilines is 2. The number of halogens is 1. The maximum absolute atomic E-state index is 10.8. The topological polar surface area (TPSA) is 83.8 Å². The fraction of sp³-hybridized carbons (Fsp3) is 0. The van der Waals surface area contributed by atoms with Gasteiger partial charge in [-0.15, -0.1) is 0 Å². The summed E-state index contributed by atoms with van der Waals surface area (Å²) in [5.74, 6) is 0.628. The number of rotatable bonds is 4. The highest BCUT2D eigenvalue weighted by atomic mass is 35.5. The standard InChI is InChI=1S/C19H13ClN4O2/c20-17-11-18-16(10-15(17)12-4-2-1-3-5-12)19(23-22-18)21-13-6-8-14(9-7-13)24(25)26/h1-11H,(H2,21,22,23). The van der Waals surface area contributed by atoms with E-state index in [1.807, 2.05) is 42.5 Å². The minimum atomic E-state index is -0.429. The van der Waals surface area contributed by atoms with Crippen LogP contribution in [0.15, 0.2) is 66.7 Å². The van der Waals surface area contributed by atoms with Crippen molar-refractivity contribution < 1.29 is 4.92 Å². The molecule has 0 saturated heterocycles. The first-order chi connectivity index (χ1) is 12.6. The molecule has 0 bridgehead atoms. The number of nitrogens with one attached hydrogen (secondary N) is 2. The predicted molar refractivity (Wildman–Crippen MR) is 103 cm³/mol. The quantitative estimate of drug-likeness (QED) is 0.368. The molecule has 2 N–H and O–H groups in total. The Kier molecular flexibility index (Phi) is 4.02. The van der Waals surface area contributed by atoms with E-state index >= 15 is 0 Å². The van der Waals surface area contributed by atoms with Gasteiger partial charge in [-0.25, -0.2) is 0 Å². The number of benzene rings is 3. The lowest BCUT2D eigenvalue weighted by atomic mass is 10.0. The van der Waals surface area contributed by atoms with Crippen LogP contribution in [0.1, 0.15) is 0 Å². The molecule has 7 heteroatoms. The van der Waals surface area contributed by atoms with Crippen molar-refractivity contribution in [3.05, 3.63) is 81.9 Å². The number of H-pyrrole nitrogens is 1. The van der Waals surface area contributed by atoms with Gasteiger partial charge in [0.05, 0.1) is 15.5 Å². The number of hydrogen-bond acceptors (Lipinski definition) is 4. The van der Waals surface area contributed by atoms with Gasteiger partial charge in [0.25, 0.3) is 5.69 Å². The van der Waals surface area contributed by atoms with Crippen molar-refractivity contribution in [3.8, 4) is 11.1 Å². The van der Waals surface area contributed by atoms with Crippen molar-refractivity contribution >= 4 is 39.7 Å². The van der Waals surface area contributed by atoms with Crippen molar-refractivity contribution in [1.29, 1.82) is 0 Å². The van der Waals surface area contributed by atoms with E-state index in [1.165, 1.54) is 12.1 Å². The minimum absolute atomic E-state index is 0.0422. The largest absolute Gasteiger partial charge is 0.338 e. The van der Waals surface area contributed by atoms with Gasteiger partial charge in [0.15, 0.2) is 5.82 Å². The molecule has 0 saturated carbocycles. The molecule has 0 aliphatic rings. The molecule has 3 aromatic carbocycles. The number of fused-ring (bicyclic) bond motifs is 1. The smallest absolute Gasteiger partial charge is 0.269 e. The zero-order valence-corrected chi connectivity index (χ0v) is 14.2. The average molecular weight is 365 g/mol. The molecule has 1 aromatic heterocycles. The zero-order chi connectivity index (χ0) is 18.1. The summed E-state index contributed by atoms with van der Waals surface area (Å²) in [4.78, 5) is 10.3. The number of nitrogens with zero attached hydrogens (tertiary/aromatic N) is 2. The van der Waals surface area contributed by atoms with Crippen LogP contribution in [0.25, 0.3) is 22.0 Å². The first-order valence-electron chi connectivity index (χ1n) is 7.86. The highest BCUT2D eigenvalue weighted by Crippen LogP contribution is 2.34. The molecule has 0 aliphatic heterocycles. The van der Waals surface area contributed by atoms with E-state index in [0.717, 1.165) is 22.0 Å². The molecule has 4 rings (SSSR count). The summed E-state index contributed by atoms with van der Waals surface area (Å²) >= 11 is 6.42. The van der Waals surface area contributed by atoms with Crippen LogP contribution in [0.3, 0.4) is 0 Å². The van der Waals surface area contributed by atoms with Gasteiger partial charge in [-0.05, 0) is 29.8 Å². The highest BCUT2D eigenvalue weighted by Gasteiger charge is 2.12. The molecule has 0 spiro atoms. The second-order valence-electron chi connectivity index (χ2n) is 5.74. The molecular weight excluding hydrogens is 352 g/mol. The molecule has 0 unspecified atom stereocenters. The van der Waals surface area contributed by atoms with Crippen molar-refractivity contribution in [3.63, 3.8) is 0 Å². The molecule has 0 aliphatic carbocycles. The van der Waals surface area contributed by atoms with Gasteiger partial charge in [-0.1, -0.05) is 41.9 Å². The van der Waals surface area contributed by atoms with Crippen LogP contribution >= 0.6 is 11.6 Å². The van der Waals surface area contributed by atoms with Gasteiger partial charge in [-0.2, -0.15) is 5.10 Å². The lowest BCUT2D eigenvalue weighted by Gasteiger charge is -2.07. The van der Waals surface area contributed by atoms with Gasteiger partial charge in [0.1, 0.15) is 0 Å². The lowest BCUT2D eigenvalue weighted by Crippen LogP contribution is -1.92. The molecule has 0 fully saturated rings.